The summed E-state index contributed by atoms with van der Waals surface area (Å²) in [5.41, 5.74) is 1.48. The first-order chi connectivity index (χ1) is 12.8. The summed E-state index contributed by atoms with van der Waals surface area (Å²) in [5, 5.41) is 2.80. The highest BCUT2D eigenvalue weighted by Gasteiger charge is 2.27. The normalized spacial score (nSPS) is 16.2. The van der Waals surface area contributed by atoms with E-state index in [9.17, 15) is 13.2 Å². The van der Waals surface area contributed by atoms with E-state index in [1.165, 1.54) is 4.31 Å². The number of hydrogen-bond acceptors (Lipinski definition) is 4. The van der Waals surface area contributed by atoms with Crippen LogP contribution in [0.1, 0.15) is 5.56 Å². The maximum absolute atomic E-state index is 12.7. The highest BCUT2D eigenvalue weighted by Crippen LogP contribution is 2.20. The number of likely N-dealkylation sites (N-methyl/N-ethyl adjacent to an activating group) is 1. The van der Waals surface area contributed by atoms with Crippen molar-refractivity contribution in [1.29, 1.82) is 0 Å². The molecule has 0 bridgehead atoms. The number of rotatable bonds is 5. The van der Waals surface area contributed by atoms with Gasteiger partial charge < -0.3 is 10.2 Å². The number of hydrogen-bond donors (Lipinski definition) is 1. The first kappa shape index (κ1) is 20.0. The van der Waals surface area contributed by atoms with Crippen LogP contribution in [0.5, 0.6) is 0 Å². The quantitative estimate of drug-likeness (QED) is 0.758. The molecule has 1 heterocycles. The molecule has 0 atom stereocenters. The van der Waals surface area contributed by atoms with Gasteiger partial charge in [0.2, 0.25) is 15.9 Å². The van der Waals surface area contributed by atoms with E-state index in [1.807, 2.05) is 31.3 Å². The zero-order chi connectivity index (χ0) is 19.4. The molecule has 0 aromatic heterocycles. The van der Waals surface area contributed by atoms with Gasteiger partial charge >= 0.3 is 0 Å². The van der Waals surface area contributed by atoms with Crippen molar-refractivity contribution in [2.45, 2.75) is 11.3 Å². The van der Waals surface area contributed by atoms with Crippen molar-refractivity contribution in [2.75, 3.05) is 38.5 Å². The van der Waals surface area contributed by atoms with Gasteiger partial charge in [-0.1, -0.05) is 28.1 Å². The maximum Gasteiger partial charge on any atom is 0.243 e. The second-order valence-corrected chi connectivity index (χ2v) is 9.44. The van der Waals surface area contributed by atoms with Gasteiger partial charge in [-0.15, -0.1) is 0 Å². The lowest BCUT2D eigenvalue weighted by molar-refractivity contribution is -0.115. The lowest BCUT2D eigenvalue weighted by Crippen LogP contribution is -2.46. The molecule has 1 N–H and O–H groups in total. The molecule has 0 unspecified atom stereocenters. The number of anilines is 1. The van der Waals surface area contributed by atoms with Crippen molar-refractivity contribution in [3.63, 3.8) is 0 Å². The minimum atomic E-state index is -3.50. The zero-order valence-corrected chi connectivity index (χ0v) is 17.5. The Hall–Kier alpha value is -1.74. The first-order valence-electron chi connectivity index (χ1n) is 8.68. The minimum Gasteiger partial charge on any atom is -0.326 e. The molecule has 0 saturated carbocycles. The van der Waals surface area contributed by atoms with E-state index in [2.05, 4.69) is 26.1 Å². The van der Waals surface area contributed by atoms with Gasteiger partial charge in [0.25, 0.3) is 0 Å². The van der Waals surface area contributed by atoms with Gasteiger partial charge in [0, 0.05) is 36.3 Å². The number of halogens is 1. The van der Waals surface area contributed by atoms with Gasteiger partial charge in [-0.2, -0.15) is 4.31 Å². The van der Waals surface area contributed by atoms with Crippen molar-refractivity contribution in [2.24, 2.45) is 0 Å². The topological polar surface area (TPSA) is 69.7 Å². The lowest BCUT2D eigenvalue weighted by Gasteiger charge is -2.31. The molecular formula is C19H22BrN3O3S. The fraction of sp³-hybridized carbons (Fsp3) is 0.316. The molecule has 0 radical (unpaired) electrons. The summed E-state index contributed by atoms with van der Waals surface area (Å²) in [6, 6.07) is 13.9. The number of nitrogens with zero attached hydrogens (tertiary/aromatic N) is 2. The molecular weight excluding hydrogens is 430 g/mol. The van der Waals surface area contributed by atoms with Crippen LogP contribution in [0.2, 0.25) is 0 Å². The van der Waals surface area contributed by atoms with Crippen LogP contribution in [-0.4, -0.2) is 56.8 Å². The fourth-order valence-electron chi connectivity index (χ4n) is 2.93. The Bertz CT molecular complexity index is 908. The Morgan fingerprint density at radius 3 is 2.37 bits per heavy atom. The first-order valence-corrected chi connectivity index (χ1v) is 10.9. The number of benzene rings is 2. The number of amides is 1. The molecule has 0 spiro atoms. The van der Waals surface area contributed by atoms with Crippen LogP contribution >= 0.6 is 15.9 Å². The number of sulfonamides is 1. The minimum absolute atomic E-state index is 0.150. The SMILES string of the molecule is CN1CCN(S(=O)(=O)c2ccc(NC(=O)Cc3cccc(Br)c3)cc2)CC1. The van der Waals surface area contributed by atoms with Crippen LogP contribution in [0.15, 0.2) is 57.9 Å². The smallest absolute Gasteiger partial charge is 0.243 e. The summed E-state index contributed by atoms with van der Waals surface area (Å²) >= 11 is 3.39. The van der Waals surface area contributed by atoms with Gasteiger partial charge in [-0.25, -0.2) is 8.42 Å². The molecule has 2 aromatic rings. The lowest BCUT2D eigenvalue weighted by atomic mass is 10.1. The Labute approximate surface area is 168 Å². The Morgan fingerprint density at radius 2 is 1.74 bits per heavy atom. The highest BCUT2D eigenvalue weighted by molar-refractivity contribution is 9.10. The molecule has 0 aliphatic carbocycles. The Kier molecular flexibility index (Phi) is 6.31. The second-order valence-electron chi connectivity index (χ2n) is 6.59. The van der Waals surface area contributed by atoms with Crippen LogP contribution in [0.4, 0.5) is 5.69 Å². The standard InChI is InChI=1S/C19H22BrN3O3S/c1-22-9-11-23(12-10-22)27(25,26)18-7-5-17(6-8-18)21-19(24)14-15-3-2-4-16(20)13-15/h2-8,13H,9-12,14H2,1H3,(H,21,24). The number of carbonyl (C=O) groups excluding carboxylic acids is 1. The summed E-state index contributed by atoms with van der Waals surface area (Å²) in [5.74, 6) is -0.150. The summed E-state index contributed by atoms with van der Waals surface area (Å²) in [6.07, 6.45) is 0.251. The third kappa shape index (κ3) is 5.16. The average molecular weight is 452 g/mol. The van der Waals surface area contributed by atoms with Crippen molar-refractivity contribution in [3.8, 4) is 0 Å². The summed E-state index contributed by atoms with van der Waals surface area (Å²) < 4.78 is 27.9. The summed E-state index contributed by atoms with van der Waals surface area (Å²) in [7, 11) is -1.51. The number of carbonyl (C=O) groups is 1. The highest BCUT2D eigenvalue weighted by atomic mass is 79.9. The largest absolute Gasteiger partial charge is 0.326 e. The van der Waals surface area contributed by atoms with E-state index in [0.29, 0.717) is 18.8 Å². The van der Waals surface area contributed by atoms with Crippen molar-refractivity contribution >= 4 is 37.5 Å². The second kappa shape index (κ2) is 8.52. The van der Waals surface area contributed by atoms with Gasteiger partial charge in [0.15, 0.2) is 0 Å². The van der Waals surface area contributed by atoms with Gasteiger partial charge in [0.05, 0.1) is 11.3 Å². The number of piperazine rings is 1. The molecule has 1 amide bonds. The maximum atomic E-state index is 12.7. The summed E-state index contributed by atoms with van der Waals surface area (Å²) in [4.78, 5) is 14.5. The van der Waals surface area contributed by atoms with Crippen molar-refractivity contribution in [1.82, 2.24) is 9.21 Å². The van der Waals surface area contributed by atoms with E-state index < -0.39 is 10.0 Å². The summed E-state index contributed by atoms with van der Waals surface area (Å²) in [6.45, 7) is 2.43. The van der Waals surface area contributed by atoms with Crippen LogP contribution in [0, 0.1) is 0 Å². The van der Waals surface area contributed by atoms with E-state index >= 15 is 0 Å². The number of nitrogens with one attached hydrogen (secondary N) is 1. The van der Waals surface area contributed by atoms with Gasteiger partial charge in [0.1, 0.15) is 0 Å². The van der Waals surface area contributed by atoms with Crippen LogP contribution < -0.4 is 5.32 Å². The Balaban J connectivity index is 1.63. The van der Waals surface area contributed by atoms with Gasteiger partial charge in [-0.05, 0) is 49.0 Å². The van der Waals surface area contributed by atoms with Crippen LogP contribution in [-0.2, 0) is 21.2 Å². The molecule has 6 nitrogen and oxygen atoms in total. The zero-order valence-electron chi connectivity index (χ0n) is 15.1. The predicted molar refractivity (Wildman–Crippen MR) is 109 cm³/mol. The fourth-order valence-corrected chi connectivity index (χ4v) is 4.79. The monoisotopic (exact) mass is 451 g/mol. The Morgan fingerprint density at radius 1 is 1.07 bits per heavy atom. The molecule has 2 aromatic carbocycles. The molecule has 1 aliphatic heterocycles. The van der Waals surface area contributed by atoms with Crippen LogP contribution in [0.25, 0.3) is 0 Å². The molecule has 27 heavy (non-hydrogen) atoms. The molecule has 1 fully saturated rings. The molecule has 1 saturated heterocycles. The van der Waals surface area contributed by atoms with E-state index in [-0.39, 0.29) is 17.2 Å². The van der Waals surface area contributed by atoms with Gasteiger partial charge in [-0.3, -0.25) is 4.79 Å². The van der Waals surface area contributed by atoms with Crippen molar-refractivity contribution < 1.29 is 13.2 Å². The average Bonchev–Trinajstić information content (AvgIpc) is 2.62. The molecule has 1 aliphatic rings. The van der Waals surface area contributed by atoms with E-state index in [4.69, 9.17) is 0 Å². The van der Waals surface area contributed by atoms with E-state index in [0.717, 1.165) is 23.1 Å². The third-order valence-corrected chi connectivity index (χ3v) is 6.90. The predicted octanol–water partition coefficient (Wildman–Crippen LogP) is 2.57. The van der Waals surface area contributed by atoms with E-state index in [1.54, 1.807) is 24.3 Å². The molecule has 3 rings (SSSR count). The van der Waals surface area contributed by atoms with Crippen LogP contribution in [0.3, 0.4) is 0 Å². The molecule has 144 valence electrons. The van der Waals surface area contributed by atoms with Crippen molar-refractivity contribution in [3.05, 3.63) is 58.6 Å². The third-order valence-electron chi connectivity index (χ3n) is 4.49. The molecule has 8 heteroatoms.